The van der Waals surface area contributed by atoms with Gasteiger partial charge in [-0.15, -0.1) is 0 Å². The molecule has 1 N–H and O–H groups in total. The Labute approximate surface area is 104 Å². The lowest BCUT2D eigenvalue weighted by atomic mass is 10.0. The lowest BCUT2D eigenvalue weighted by Gasteiger charge is -2.00. The molecule has 5 heteroatoms. The first-order chi connectivity index (χ1) is 8.58. The number of esters is 1. The lowest BCUT2D eigenvalue weighted by Crippen LogP contribution is -2.01. The molecule has 1 aromatic rings. The summed E-state index contributed by atoms with van der Waals surface area (Å²) < 4.78 is 4.70. The Morgan fingerprint density at radius 2 is 1.89 bits per heavy atom. The van der Waals surface area contributed by atoms with Gasteiger partial charge in [-0.3, -0.25) is 0 Å². The van der Waals surface area contributed by atoms with Crippen LogP contribution in [-0.2, 0) is 9.53 Å². The number of nitriles is 1. The molecule has 0 amide bonds. The minimum absolute atomic E-state index is 0.118. The molecule has 0 aromatic heterocycles. The number of carbonyl (C=O) groups is 2. The highest BCUT2D eigenvalue weighted by Crippen LogP contribution is 2.14. The van der Waals surface area contributed by atoms with Gasteiger partial charge in [0, 0.05) is 6.08 Å². The van der Waals surface area contributed by atoms with Gasteiger partial charge in [0.1, 0.15) is 6.07 Å². The largest absolute Gasteiger partial charge is 0.478 e. The van der Waals surface area contributed by atoms with E-state index < -0.39 is 11.9 Å². The smallest absolute Gasteiger partial charge is 0.335 e. The van der Waals surface area contributed by atoms with E-state index >= 15 is 0 Å². The molecule has 0 spiro atoms. The minimum Gasteiger partial charge on any atom is -0.478 e. The van der Waals surface area contributed by atoms with E-state index in [2.05, 4.69) is 0 Å². The van der Waals surface area contributed by atoms with Crippen molar-refractivity contribution in [2.75, 3.05) is 6.61 Å². The molecule has 0 aliphatic carbocycles. The second-order valence-electron chi connectivity index (χ2n) is 3.30. The molecule has 18 heavy (non-hydrogen) atoms. The van der Waals surface area contributed by atoms with Crippen molar-refractivity contribution in [1.82, 2.24) is 0 Å². The normalized spacial score (nSPS) is 10.6. The fourth-order valence-corrected chi connectivity index (χ4v) is 1.27. The summed E-state index contributed by atoms with van der Waals surface area (Å²) in [5, 5.41) is 17.7. The number of carboxylic acid groups (broad SMARTS) is 1. The monoisotopic (exact) mass is 245 g/mol. The number of benzene rings is 1. The van der Waals surface area contributed by atoms with Gasteiger partial charge in [-0.2, -0.15) is 5.26 Å². The van der Waals surface area contributed by atoms with Crippen LogP contribution in [0.5, 0.6) is 0 Å². The van der Waals surface area contributed by atoms with E-state index in [9.17, 15) is 9.59 Å². The van der Waals surface area contributed by atoms with Crippen molar-refractivity contribution in [1.29, 1.82) is 5.26 Å². The number of hydrogen-bond donors (Lipinski definition) is 1. The number of allylic oxidation sites excluding steroid dienone is 1. The number of carboxylic acids is 1. The lowest BCUT2D eigenvalue weighted by molar-refractivity contribution is -0.137. The topological polar surface area (TPSA) is 87.4 Å². The van der Waals surface area contributed by atoms with Crippen molar-refractivity contribution in [3.63, 3.8) is 0 Å². The molecule has 1 aromatic carbocycles. The summed E-state index contributed by atoms with van der Waals surface area (Å²) in [4.78, 5) is 21.9. The van der Waals surface area contributed by atoms with Crippen LogP contribution in [0, 0.1) is 11.3 Å². The van der Waals surface area contributed by atoms with E-state index in [4.69, 9.17) is 15.1 Å². The Balaban J connectivity index is 3.00. The fourth-order valence-electron chi connectivity index (χ4n) is 1.27. The molecular formula is C13H11NO4. The summed E-state index contributed by atoms with van der Waals surface area (Å²) in [6.45, 7) is 1.89. The Morgan fingerprint density at radius 3 is 2.33 bits per heavy atom. The highest BCUT2D eigenvalue weighted by molar-refractivity contribution is 5.96. The highest BCUT2D eigenvalue weighted by Gasteiger charge is 2.07. The van der Waals surface area contributed by atoms with Gasteiger partial charge in [-0.1, -0.05) is 12.1 Å². The summed E-state index contributed by atoms with van der Waals surface area (Å²) >= 11 is 0. The number of hydrogen-bond acceptors (Lipinski definition) is 4. The Hall–Kier alpha value is -2.61. The van der Waals surface area contributed by atoms with Crippen LogP contribution in [0.3, 0.4) is 0 Å². The molecule has 0 bridgehead atoms. The Morgan fingerprint density at radius 1 is 1.33 bits per heavy atom. The van der Waals surface area contributed by atoms with Gasteiger partial charge in [-0.25, -0.2) is 9.59 Å². The van der Waals surface area contributed by atoms with Crippen LogP contribution in [0.4, 0.5) is 0 Å². The molecule has 5 nitrogen and oxygen atoms in total. The van der Waals surface area contributed by atoms with Crippen LogP contribution in [0.2, 0.25) is 0 Å². The van der Waals surface area contributed by atoms with Crippen molar-refractivity contribution in [3.05, 3.63) is 41.5 Å². The number of carbonyl (C=O) groups excluding carboxylic acids is 1. The van der Waals surface area contributed by atoms with E-state index in [0.29, 0.717) is 5.56 Å². The van der Waals surface area contributed by atoms with Crippen LogP contribution in [0.25, 0.3) is 5.57 Å². The SMILES string of the molecule is CCOC(=O)C=C(C#N)c1ccc(C(=O)O)cc1. The van der Waals surface area contributed by atoms with E-state index in [-0.39, 0.29) is 17.7 Å². The maximum atomic E-state index is 11.2. The predicted molar refractivity (Wildman–Crippen MR) is 63.6 cm³/mol. The van der Waals surface area contributed by atoms with Gasteiger partial charge < -0.3 is 9.84 Å². The summed E-state index contributed by atoms with van der Waals surface area (Å²) in [6.07, 6.45) is 1.08. The van der Waals surface area contributed by atoms with Crippen LogP contribution < -0.4 is 0 Å². The van der Waals surface area contributed by atoms with Crippen molar-refractivity contribution < 1.29 is 19.4 Å². The average molecular weight is 245 g/mol. The maximum absolute atomic E-state index is 11.2. The van der Waals surface area contributed by atoms with Crippen LogP contribution in [-0.4, -0.2) is 23.7 Å². The zero-order chi connectivity index (χ0) is 13.5. The Bertz CT molecular complexity index is 523. The van der Waals surface area contributed by atoms with E-state index in [1.807, 2.05) is 6.07 Å². The highest BCUT2D eigenvalue weighted by atomic mass is 16.5. The van der Waals surface area contributed by atoms with Gasteiger partial charge >= 0.3 is 11.9 Å². The van der Waals surface area contributed by atoms with Crippen molar-refractivity contribution in [2.24, 2.45) is 0 Å². The third-order valence-corrected chi connectivity index (χ3v) is 2.11. The first-order valence-corrected chi connectivity index (χ1v) is 5.20. The number of rotatable bonds is 4. The van der Waals surface area contributed by atoms with E-state index in [0.717, 1.165) is 6.08 Å². The first-order valence-electron chi connectivity index (χ1n) is 5.20. The maximum Gasteiger partial charge on any atom is 0.335 e. The van der Waals surface area contributed by atoms with Gasteiger partial charge in [0.25, 0.3) is 0 Å². The van der Waals surface area contributed by atoms with Crippen molar-refractivity contribution in [3.8, 4) is 6.07 Å². The molecule has 0 unspecified atom stereocenters. The second-order valence-corrected chi connectivity index (χ2v) is 3.30. The first kappa shape index (κ1) is 13.5. The zero-order valence-electron chi connectivity index (χ0n) is 9.71. The molecule has 0 saturated heterocycles. The van der Waals surface area contributed by atoms with Gasteiger partial charge in [-0.05, 0) is 24.6 Å². The molecule has 0 aliphatic heterocycles. The third-order valence-electron chi connectivity index (χ3n) is 2.11. The van der Waals surface area contributed by atoms with Gasteiger partial charge in [0.2, 0.25) is 0 Å². The summed E-state index contributed by atoms with van der Waals surface area (Å²) in [6, 6.07) is 7.55. The van der Waals surface area contributed by atoms with Crippen molar-refractivity contribution >= 4 is 17.5 Å². The molecule has 0 atom stereocenters. The standard InChI is InChI=1S/C13H11NO4/c1-2-18-12(15)7-11(8-14)9-3-5-10(6-4-9)13(16)17/h3-7H,2H2,1H3,(H,16,17). The van der Waals surface area contributed by atoms with Gasteiger partial charge in [0.15, 0.2) is 0 Å². The van der Waals surface area contributed by atoms with Crippen LogP contribution >= 0.6 is 0 Å². The molecule has 0 saturated carbocycles. The zero-order valence-corrected chi connectivity index (χ0v) is 9.71. The van der Waals surface area contributed by atoms with E-state index in [1.165, 1.54) is 24.3 Å². The second kappa shape index (κ2) is 6.21. The van der Waals surface area contributed by atoms with Gasteiger partial charge in [0.05, 0.1) is 17.7 Å². The molecule has 0 fully saturated rings. The number of ether oxygens (including phenoxy) is 1. The fraction of sp³-hybridized carbons (Fsp3) is 0.154. The molecule has 92 valence electrons. The van der Waals surface area contributed by atoms with Crippen molar-refractivity contribution in [2.45, 2.75) is 6.92 Å². The number of aromatic carboxylic acids is 1. The van der Waals surface area contributed by atoms with Crippen LogP contribution in [0.15, 0.2) is 30.3 Å². The van der Waals surface area contributed by atoms with Crippen LogP contribution in [0.1, 0.15) is 22.8 Å². The molecule has 1 rings (SSSR count). The quantitative estimate of drug-likeness (QED) is 0.497. The molecular weight excluding hydrogens is 234 g/mol. The minimum atomic E-state index is -1.05. The Kier molecular flexibility index (Phi) is 4.64. The van der Waals surface area contributed by atoms with E-state index in [1.54, 1.807) is 6.92 Å². The average Bonchev–Trinajstić information content (AvgIpc) is 2.36. The summed E-state index contributed by atoms with van der Waals surface area (Å²) in [5.74, 6) is -1.65. The molecule has 0 aliphatic rings. The molecule has 0 heterocycles. The molecule has 0 radical (unpaired) electrons. The predicted octanol–water partition coefficient (Wildman–Crippen LogP) is 1.85. The third kappa shape index (κ3) is 3.46. The summed E-state index contributed by atoms with van der Waals surface area (Å²) in [5.41, 5.74) is 0.716. The number of nitrogens with zero attached hydrogens (tertiary/aromatic N) is 1. The summed E-state index contributed by atoms with van der Waals surface area (Å²) in [7, 11) is 0.